The van der Waals surface area contributed by atoms with E-state index in [2.05, 4.69) is 4.98 Å². The highest BCUT2D eigenvalue weighted by Crippen LogP contribution is 2.25. The summed E-state index contributed by atoms with van der Waals surface area (Å²) in [4.78, 5) is 28.8. The number of aromatic nitrogens is 2. The van der Waals surface area contributed by atoms with Gasteiger partial charge in [-0.15, -0.1) is 0 Å². The number of ether oxygens (including phenoxy) is 2. The van der Waals surface area contributed by atoms with Gasteiger partial charge in [0.25, 0.3) is 0 Å². The van der Waals surface area contributed by atoms with E-state index in [0.29, 0.717) is 22.6 Å². The molecule has 1 heterocycles. The molecule has 1 aromatic heterocycles. The van der Waals surface area contributed by atoms with Gasteiger partial charge in [0, 0.05) is 17.3 Å². The highest BCUT2D eigenvalue weighted by molar-refractivity contribution is 6.12. The predicted molar refractivity (Wildman–Crippen MR) is 97.1 cm³/mol. The van der Waals surface area contributed by atoms with E-state index in [9.17, 15) is 9.59 Å². The third-order valence-electron chi connectivity index (χ3n) is 3.91. The van der Waals surface area contributed by atoms with Crippen molar-refractivity contribution in [2.45, 2.75) is 0 Å². The molecule has 0 saturated carbocycles. The van der Waals surface area contributed by atoms with Crippen molar-refractivity contribution in [2.24, 2.45) is 0 Å². The Morgan fingerprint density at radius 2 is 1.50 bits per heavy atom. The second-order valence-electron chi connectivity index (χ2n) is 5.48. The highest BCUT2D eigenvalue weighted by Gasteiger charge is 2.18. The lowest BCUT2D eigenvalue weighted by molar-refractivity contribution is 0.103. The topological polar surface area (TPSA) is 96.4 Å². The Balaban J connectivity index is 2.11. The standard InChI is InChI=1S/C19H17N3O4/c1-25-14-7-3-12(4-8-14)17-16(11-22(20)19(24)21-17)18(23)13-5-9-15(26-2)10-6-13/h3-11H,20H2,1-2H3. The molecule has 7 heteroatoms. The largest absolute Gasteiger partial charge is 0.497 e. The van der Waals surface area contributed by atoms with Crippen LogP contribution in [0.1, 0.15) is 15.9 Å². The first-order valence-corrected chi connectivity index (χ1v) is 7.75. The summed E-state index contributed by atoms with van der Waals surface area (Å²) in [6, 6.07) is 13.6. The van der Waals surface area contributed by atoms with Gasteiger partial charge < -0.3 is 15.3 Å². The van der Waals surface area contributed by atoms with Gasteiger partial charge >= 0.3 is 5.69 Å². The molecule has 7 nitrogen and oxygen atoms in total. The molecule has 2 N–H and O–H groups in total. The maximum absolute atomic E-state index is 13.0. The van der Waals surface area contributed by atoms with Crippen LogP contribution in [0, 0.1) is 0 Å². The molecular formula is C19H17N3O4. The molecule has 3 rings (SSSR count). The Hall–Kier alpha value is -3.61. The number of hydrogen-bond donors (Lipinski definition) is 1. The summed E-state index contributed by atoms with van der Waals surface area (Å²) >= 11 is 0. The van der Waals surface area contributed by atoms with Crippen molar-refractivity contribution in [3.05, 3.63) is 76.3 Å². The van der Waals surface area contributed by atoms with E-state index in [1.807, 2.05) is 0 Å². The quantitative estimate of drug-likeness (QED) is 0.557. The van der Waals surface area contributed by atoms with Crippen LogP contribution in [0.2, 0.25) is 0 Å². The van der Waals surface area contributed by atoms with Crippen LogP contribution >= 0.6 is 0 Å². The number of nitrogens with zero attached hydrogens (tertiary/aromatic N) is 2. The van der Waals surface area contributed by atoms with Crippen LogP contribution in [0.3, 0.4) is 0 Å². The number of methoxy groups -OCH3 is 2. The fourth-order valence-electron chi connectivity index (χ4n) is 2.50. The van der Waals surface area contributed by atoms with Crippen LogP contribution in [0.25, 0.3) is 11.3 Å². The van der Waals surface area contributed by atoms with Crippen LogP contribution in [0.15, 0.2) is 59.5 Å². The molecule has 3 aromatic rings. The van der Waals surface area contributed by atoms with E-state index in [0.717, 1.165) is 4.68 Å². The third kappa shape index (κ3) is 3.27. The fourth-order valence-corrected chi connectivity index (χ4v) is 2.50. The van der Waals surface area contributed by atoms with E-state index in [1.165, 1.54) is 6.20 Å². The lowest BCUT2D eigenvalue weighted by Crippen LogP contribution is -2.31. The molecule has 26 heavy (non-hydrogen) atoms. The van der Waals surface area contributed by atoms with Crippen molar-refractivity contribution in [1.82, 2.24) is 9.66 Å². The van der Waals surface area contributed by atoms with Gasteiger partial charge in [-0.25, -0.2) is 9.47 Å². The minimum atomic E-state index is -0.651. The number of benzene rings is 2. The van der Waals surface area contributed by atoms with Gasteiger partial charge in [0.2, 0.25) is 0 Å². The number of rotatable bonds is 5. The first kappa shape index (κ1) is 17.2. The van der Waals surface area contributed by atoms with E-state index in [-0.39, 0.29) is 17.0 Å². The maximum atomic E-state index is 13.0. The van der Waals surface area contributed by atoms with E-state index in [1.54, 1.807) is 62.8 Å². The molecule has 0 spiro atoms. The number of nitrogen functional groups attached to an aromatic ring is 1. The van der Waals surface area contributed by atoms with Crippen molar-refractivity contribution in [3.8, 4) is 22.8 Å². The minimum absolute atomic E-state index is 0.224. The normalized spacial score (nSPS) is 10.4. The van der Waals surface area contributed by atoms with Gasteiger partial charge in [0.1, 0.15) is 11.5 Å². The number of carbonyl (C=O) groups excluding carboxylic acids is 1. The molecule has 0 aliphatic rings. The summed E-state index contributed by atoms with van der Waals surface area (Å²) in [5.74, 6) is 6.62. The highest BCUT2D eigenvalue weighted by atomic mass is 16.5. The van der Waals surface area contributed by atoms with Gasteiger partial charge in [-0.1, -0.05) is 0 Å². The summed E-state index contributed by atoms with van der Waals surface area (Å²) in [7, 11) is 3.11. The molecule has 0 aliphatic heterocycles. The summed E-state index contributed by atoms with van der Waals surface area (Å²) in [5.41, 5.74) is 0.881. The number of hydrogen-bond acceptors (Lipinski definition) is 6. The Kier molecular flexibility index (Phi) is 4.70. The van der Waals surface area contributed by atoms with Gasteiger partial charge in [0.05, 0.1) is 25.5 Å². The first-order valence-electron chi connectivity index (χ1n) is 7.75. The van der Waals surface area contributed by atoms with Gasteiger partial charge in [0.15, 0.2) is 5.78 Å². The Morgan fingerprint density at radius 1 is 0.962 bits per heavy atom. The van der Waals surface area contributed by atoms with Crippen LogP contribution in [0.5, 0.6) is 11.5 Å². The predicted octanol–water partition coefficient (Wildman–Crippen LogP) is 1.87. The van der Waals surface area contributed by atoms with Crippen molar-refractivity contribution in [2.75, 3.05) is 20.1 Å². The van der Waals surface area contributed by atoms with Crippen LogP contribution in [-0.4, -0.2) is 29.7 Å². The van der Waals surface area contributed by atoms with E-state index >= 15 is 0 Å². The molecule has 2 aromatic carbocycles. The molecule has 132 valence electrons. The molecule has 0 unspecified atom stereocenters. The lowest BCUT2D eigenvalue weighted by atomic mass is 9.99. The zero-order chi connectivity index (χ0) is 18.7. The Labute approximate surface area is 149 Å². The maximum Gasteiger partial charge on any atom is 0.366 e. The molecule has 0 aliphatic carbocycles. The SMILES string of the molecule is COc1ccc(C(=O)c2cn(N)c(=O)nc2-c2ccc(OC)cc2)cc1. The molecule has 0 atom stereocenters. The summed E-state index contributed by atoms with van der Waals surface area (Å²) in [5, 5.41) is 0. The molecule has 0 radical (unpaired) electrons. The first-order chi connectivity index (χ1) is 12.5. The van der Waals surface area contributed by atoms with Crippen LogP contribution in [-0.2, 0) is 0 Å². The van der Waals surface area contributed by atoms with Crippen molar-refractivity contribution >= 4 is 5.78 Å². The molecular weight excluding hydrogens is 334 g/mol. The summed E-state index contributed by atoms with van der Waals surface area (Å²) in [6.45, 7) is 0. The number of nitrogens with two attached hydrogens (primary N) is 1. The molecule has 0 saturated heterocycles. The Bertz CT molecular complexity index is 993. The summed E-state index contributed by atoms with van der Waals surface area (Å²) < 4.78 is 11.0. The number of carbonyl (C=O) groups is 1. The van der Waals surface area contributed by atoms with Crippen molar-refractivity contribution < 1.29 is 14.3 Å². The van der Waals surface area contributed by atoms with E-state index in [4.69, 9.17) is 15.3 Å². The average molecular weight is 351 g/mol. The van der Waals surface area contributed by atoms with Gasteiger partial charge in [-0.05, 0) is 48.5 Å². The minimum Gasteiger partial charge on any atom is -0.497 e. The average Bonchev–Trinajstić information content (AvgIpc) is 2.69. The summed E-state index contributed by atoms with van der Waals surface area (Å²) in [6.07, 6.45) is 1.29. The van der Waals surface area contributed by atoms with Crippen LogP contribution in [0.4, 0.5) is 0 Å². The third-order valence-corrected chi connectivity index (χ3v) is 3.91. The Morgan fingerprint density at radius 3 is 2.04 bits per heavy atom. The van der Waals surface area contributed by atoms with E-state index < -0.39 is 5.69 Å². The zero-order valence-electron chi connectivity index (χ0n) is 14.3. The van der Waals surface area contributed by atoms with Crippen molar-refractivity contribution in [3.63, 3.8) is 0 Å². The van der Waals surface area contributed by atoms with Gasteiger partial charge in [-0.2, -0.15) is 4.98 Å². The lowest BCUT2D eigenvalue weighted by Gasteiger charge is -2.10. The van der Waals surface area contributed by atoms with Crippen molar-refractivity contribution in [1.29, 1.82) is 0 Å². The molecule has 0 fully saturated rings. The second-order valence-corrected chi connectivity index (χ2v) is 5.48. The second kappa shape index (κ2) is 7.10. The molecule has 0 bridgehead atoms. The monoisotopic (exact) mass is 351 g/mol. The zero-order valence-corrected chi connectivity index (χ0v) is 14.3. The fraction of sp³-hybridized carbons (Fsp3) is 0.105. The van der Waals surface area contributed by atoms with Crippen LogP contribution < -0.4 is 21.0 Å². The number of ketones is 1. The smallest absolute Gasteiger partial charge is 0.366 e. The molecule has 0 amide bonds. The van der Waals surface area contributed by atoms with Gasteiger partial charge in [-0.3, -0.25) is 4.79 Å².